The topological polar surface area (TPSA) is 78.9 Å². The number of aromatic nitrogens is 4. The molecule has 0 bridgehead atoms. The Hall–Kier alpha value is -2.18. The van der Waals surface area contributed by atoms with Crippen LogP contribution in [0.5, 0.6) is 0 Å². The summed E-state index contributed by atoms with van der Waals surface area (Å²) in [5, 5.41) is 0. The maximum absolute atomic E-state index is 12.3. The van der Waals surface area contributed by atoms with Gasteiger partial charge < -0.3 is 4.57 Å². The van der Waals surface area contributed by atoms with Crippen molar-refractivity contribution < 1.29 is 4.79 Å². The third-order valence-corrected chi connectivity index (χ3v) is 3.21. The van der Waals surface area contributed by atoms with E-state index in [4.69, 9.17) is 0 Å². The van der Waals surface area contributed by atoms with Crippen molar-refractivity contribution in [2.24, 2.45) is 14.1 Å². The van der Waals surface area contributed by atoms with Crippen molar-refractivity contribution in [2.75, 3.05) is 0 Å². The Labute approximate surface area is 109 Å². The van der Waals surface area contributed by atoms with Gasteiger partial charge in [-0.15, -0.1) is 0 Å². The summed E-state index contributed by atoms with van der Waals surface area (Å²) >= 11 is 0. The van der Waals surface area contributed by atoms with Crippen LogP contribution in [0.2, 0.25) is 0 Å². The lowest BCUT2D eigenvalue weighted by molar-refractivity contribution is -0.119. The van der Waals surface area contributed by atoms with Crippen LogP contribution in [0.1, 0.15) is 19.8 Å². The van der Waals surface area contributed by atoms with E-state index < -0.39 is 11.2 Å². The first kappa shape index (κ1) is 13.3. The number of carbonyl (C=O) groups is 1. The molecule has 2 rings (SSSR count). The molecule has 2 aromatic rings. The molecular weight excluding hydrogens is 248 g/mol. The Balaban J connectivity index is 2.61. The fourth-order valence-corrected chi connectivity index (χ4v) is 2.01. The average Bonchev–Trinajstić information content (AvgIpc) is 2.78. The molecule has 2 heterocycles. The van der Waals surface area contributed by atoms with E-state index in [1.165, 1.54) is 10.9 Å². The minimum atomic E-state index is -0.444. The van der Waals surface area contributed by atoms with Crippen molar-refractivity contribution in [3.8, 4) is 0 Å². The number of hydrogen-bond acceptors (Lipinski definition) is 4. The lowest BCUT2D eigenvalue weighted by atomic mass is 10.2. The van der Waals surface area contributed by atoms with E-state index >= 15 is 0 Å². The van der Waals surface area contributed by atoms with Gasteiger partial charge in [-0.2, -0.15) is 0 Å². The van der Waals surface area contributed by atoms with E-state index in [1.807, 2.05) is 0 Å². The van der Waals surface area contributed by atoms with Crippen LogP contribution in [0.3, 0.4) is 0 Å². The molecule has 0 amide bonds. The summed E-state index contributed by atoms with van der Waals surface area (Å²) in [7, 11) is 3.26. The van der Waals surface area contributed by atoms with Gasteiger partial charge in [0.2, 0.25) is 0 Å². The highest BCUT2D eigenvalue weighted by atomic mass is 16.2. The Morgan fingerprint density at radius 3 is 2.63 bits per heavy atom. The zero-order chi connectivity index (χ0) is 14.2. The summed E-state index contributed by atoms with van der Waals surface area (Å²) < 4.78 is 4.00. The van der Waals surface area contributed by atoms with Crippen LogP contribution < -0.4 is 11.2 Å². The fourth-order valence-electron chi connectivity index (χ4n) is 2.01. The molecule has 0 saturated heterocycles. The highest BCUT2D eigenvalue weighted by Gasteiger charge is 2.15. The van der Waals surface area contributed by atoms with Crippen LogP contribution in [0.4, 0.5) is 0 Å². The first-order valence-corrected chi connectivity index (χ1v) is 6.10. The maximum atomic E-state index is 12.3. The van der Waals surface area contributed by atoms with Crippen molar-refractivity contribution in [3.63, 3.8) is 0 Å². The van der Waals surface area contributed by atoms with Gasteiger partial charge in [0.1, 0.15) is 5.78 Å². The Bertz CT molecular complexity index is 751. The van der Waals surface area contributed by atoms with Crippen molar-refractivity contribution in [2.45, 2.75) is 26.3 Å². The van der Waals surface area contributed by atoms with E-state index in [-0.39, 0.29) is 18.7 Å². The molecule has 0 aliphatic carbocycles. The lowest BCUT2D eigenvalue weighted by Crippen LogP contribution is -2.40. The van der Waals surface area contributed by atoms with E-state index in [0.717, 1.165) is 4.57 Å². The second-order valence-corrected chi connectivity index (χ2v) is 4.47. The molecule has 0 atom stereocenters. The van der Waals surface area contributed by atoms with Gasteiger partial charge in [-0.05, 0) is 0 Å². The van der Waals surface area contributed by atoms with Crippen LogP contribution in [0, 0.1) is 0 Å². The molecule has 0 saturated carbocycles. The van der Waals surface area contributed by atoms with Gasteiger partial charge in [-0.25, -0.2) is 9.78 Å². The van der Waals surface area contributed by atoms with Crippen molar-refractivity contribution >= 4 is 16.9 Å². The molecule has 0 aromatic carbocycles. The monoisotopic (exact) mass is 264 g/mol. The number of Topliss-reactive ketones (excluding diaryl/α,β-unsaturated/α-hetero) is 1. The first-order valence-electron chi connectivity index (χ1n) is 6.10. The Morgan fingerprint density at radius 1 is 1.32 bits per heavy atom. The Morgan fingerprint density at radius 2 is 2.00 bits per heavy atom. The molecular formula is C12H16N4O3. The number of ketones is 1. The summed E-state index contributed by atoms with van der Waals surface area (Å²) in [6.07, 6.45) is 2.09. The Kier molecular flexibility index (Phi) is 3.37. The normalized spacial score (nSPS) is 11.1. The third-order valence-electron chi connectivity index (χ3n) is 3.21. The number of carbonyl (C=O) groups excluding carboxylic acids is 1. The van der Waals surface area contributed by atoms with Crippen LogP contribution in [-0.4, -0.2) is 24.5 Å². The second-order valence-electron chi connectivity index (χ2n) is 4.47. The van der Waals surface area contributed by atoms with Crippen molar-refractivity contribution in [1.82, 2.24) is 18.7 Å². The molecule has 2 aromatic heterocycles. The van der Waals surface area contributed by atoms with Crippen LogP contribution in [0.25, 0.3) is 11.2 Å². The minimum Gasteiger partial charge on any atom is -0.328 e. The summed E-state index contributed by atoms with van der Waals surface area (Å²) in [5.41, 5.74) is -0.122. The molecule has 0 aliphatic rings. The van der Waals surface area contributed by atoms with Crippen molar-refractivity contribution in [3.05, 3.63) is 27.2 Å². The van der Waals surface area contributed by atoms with Crippen LogP contribution in [-0.2, 0) is 25.4 Å². The number of hydrogen-bond donors (Lipinski definition) is 0. The minimum absolute atomic E-state index is 0.0269. The summed E-state index contributed by atoms with van der Waals surface area (Å²) in [5.74, 6) is 0.0269. The molecule has 19 heavy (non-hydrogen) atoms. The van der Waals surface area contributed by atoms with Gasteiger partial charge in [0.05, 0.1) is 6.33 Å². The standard InChI is InChI=1S/C12H16N4O3/c1-4-8(17)5-6-16-11(18)9-10(13-7-14(9)2)15(3)12(16)19/h7H,4-6H2,1-3H3. The third kappa shape index (κ3) is 2.11. The summed E-state index contributed by atoms with van der Waals surface area (Å²) in [6, 6.07) is 0. The number of rotatable bonds is 4. The largest absolute Gasteiger partial charge is 0.332 e. The molecule has 0 unspecified atom stereocenters. The molecule has 7 heteroatoms. The second kappa shape index (κ2) is 4.83. The van der Waals surface area contributed by atoms with Gasteiger partial charge in [-0.1, -0.05) is 6.92 Å². The van der Waals surface area contributed by atoms with Crippen LogP contribution in [0.15, 0.2) is 15.9 Å². The predicted octanol–water partition coefficient (Wildman–Crippen LogP) is -0.197. The first-order chi connectivity index (χ1) is 8.97. The fraction of sp³-hybridized carbons (Fsp3) is 0.500. The van der Waals surface area contributed by atoms with E-state index in [0.29, 0.717) is 17.6 Å². The average molecular weight is 264 g/mol. The molecule has 0 aliphatic heterocycles. The molecule has 0 N–H and O–H groups in total. The van der Waals surface area contributed by atoms with Gasteiger partial charge in [0.15, 0.2) is 11.2 Å². The molecule has 7 nitrogen and oxygen atoms in total. The number of imidazole rings is 1. The summed E-state index contributed by atoms with van der Waals surface area (Å²) in [6.45, 7) is 1.87. The van der Waals surface area contributed by atoms with Gasteiger partial charge >= 0.3 is 5.69 Å². The van der Waals surface area contributed by atoms with Gasteiger partial charge in [0, 0.05) is 33.5 Å². The highest BCUT2D eigenvalue weighted by molar-refractivity contribution is 5.78. The van der Waals surface area contributed by atoms with E-state index in [2.05, 4.69) is 4.98 Å². The highest BCUT2D eigenvalue weighted by Crippen LogP contribution is 2.03. The summed E-state index contributed by atoms with van der Waals surface area (Å²) in [4.78, 5) is 39.7. The zero-order valence-corrected chi connectivity index (χ0v) is 11.2. The number of aryl methyl sites for hydroxylation is 2. The molecule has 102 valence electrons. The zero-order valence-electron chi connectivity index (χ0n) is 11.2. The van der Waals surface area contributed by atoms with E-state index in [1.54, 1.807) is 25.6 Å². The van der Waals surface area contributed by atoms with Crippen LogP contribution >= 0.6 is 0 Å². The molecule has 0 radical (unpaired) electrons. The molecule has 0 fully saturated rings. The SMILES string of the molecule is CCC(=O)CCn1c(=O)c2c(ncn2C)n(C)c1=O. The van der Waals surface area contributed by atoms with Gasteiger partial charge in [0.25, 0.3) is 5.56 Å². The number of fused-ring (bicyclic) bond motifs is 1. The quantitative estimate of drug-likeness (QED) is 0.766. The smallest absolute Gasteiger partial charge is 0.328 e. The lowest BCUT2D eigenvalue weighted by Gasteiger charge is -2.07. The maximum Gasteiger partial charge on any atom is 0.332 e. The number of nitrogens with zero attached hydrogens (tertiary/aromatic N) is 4. The molecule has 0 spiro atoms. The van der Waals surface area contributed by atoms with Gasteiger partial charge in [-0.3, -0.25) is 18.7 Å². The van der Waals surface area contributed by atoms with E-state index in [9.17, 15) is 14.4 Å². The van der Waals surface area contributed by atoms with Crippen molar-refractivity contribution in [1.29, 1.82) is 0 Å². The predicted molar refractivity (Wildman–Crippen MR) is 70.1 cm³/mol.